The van der Waals surface area contributed by atoms with Gasteiger partial charge in [0.15, 0.2) is 0 Å². The van der Waals surface area contributed by atoms with E-state index in [4.69, 9.17) is 11.2 Å². The minimum atomic E-state index is 0.376. The predicted molar refractivity (Wildman–Crippen MR) is 43.8 cm³/mol. The first kappa shape index (κ1) is 9.52. The van der Waals surface area contributed by atoms with Gasteiger partial charge in [0.1, 0.15) is 6.61 Å². The summed E-state index contributed by atoms with van der Waals surface area (Å²) >= 11 is 0. The topological polar surface area (TPSA) is 9.23 Å². The van der Waals surface area contributed by atoms with Crippen molar-refractivity contribution in [2.75, 3.05) is 6.61 Å². The minimum absolute atomic E-state index is 0.376. The molecule has 0 aromatic heterocycles. The number of terminal acetylenes is 1. The van der Waals surface area contributed by atoms with Crippen LogP contribution in [0.25, 0.3) is 0 Å². The van der Waals surface area contributed by atoms with Crippen molar-refractivity contribution in [2.45, 2.75) is 39.2 Å². The smallest absolute Gasteiger partial charge is 0.107 e. The van der Waals surface area contributed by atoms with Gasteiger partial charge in [0, 0.05) is 0 Å². The molecule has 0 rings (SSSR count). The lowest BCUT2D eigenvalue weighted by Crippen LogP contribution is -2.11. The molecule has 0 aliphatic heterocycles. The van der Waals surface area contributed by atoms with Gasteiger partial charge >= 0.3 is 0 Å². The van der Waals surface area contributed by atoms with E-state index < -0.39 is 0 Å². The highest BCUT2D eigenvalue weighted by molar-refractivity contribution is 4.83. The van der Waals surface area contributed by atoms with Crippen LogP contribution in [-0.2, 0) is 4.74 Å². The van der Waals surface area contributed by atoms with Gasteiger partial charge in [-0.25, -0.2) is 0 Å². The Labute approximate surface area is 63.8 Å². The van der Waals surface area contributed by atoms with E-state index in [2.05, 4.69) is 19.8 Å². The molecule has 0 aromatic rings. The monoisotopic (exact) mass is 140 g/mol. The molecule has 0 amide bonds. The Balaban J connectivity index is 3.32. The van der Waals surface area contributed by atoms with Gasteiger partial charge in [-0.3, -0.25) is 0 Å². The molecule has 1 heteroatoms. The van der Waals surface area contributed by atoms with E-state index in [1.54, 1.807) is 0 Å². The molecule has 0 radical (unpaired) electrons. The highest BCUT2D eigenvalue weighted by Gasteiger charge is 2.02. The lowest BCUT2D eigenvalue weighted by molar-refractivity contribution is 0.0681. The molecule has 0 heterocycles. The quantitative estimate of drug-likeness (QED) is 0.532. The largest absolute Gasteiger partial charge is 0.366 e. The molecule has 0 aliphatic carbocycles. The van der Waals surface area contributed by atoms with E-state index in [0.29, 0.717) is 12.7 Å². The first-order chi connectivity index (χ1) is 4.85. The zero-order valence-electron chi connectivity index (χ0n) is 6.89. The van der Waals surface area contributed by atoms with Crippen molar-refractivity contribution in [3.63, 3.8) is 0 Å². The van der Waals surface area contributed by atoms with E-state index in [9.17, 15) is 0 Å². The van der Waals surface area contributed by atoms with Crippen LogP contribution >= 0.6 is 0 Å². The molecule has 0 saturated carbocycles. The van der Waals surface area contributed by atoms with Crippen LogP contribution in [0.1, 0.15) is 33.1 Å². The molecule has 0 fully saturated rings. The molecular formula is C9H16O. The lowest BCUT2D eigenvalue weighted by atomic mass is 10.2. The summed E-state index contributed by atoms with van der Waals surface area (Å²) in [7, 11) is 0. The maximum absolute atomic E-state index is 5.34. The van der Waals surface area contributed by atoms with Gasteiger partial charge in [0.05, 0.1) is 6.10 Å². The molecule has 0 aliphatic rings. The first-order valence-electron chi connectivity index (χ1n) is 3.90. The Bertz CT molecular complexity index is 102. The number of hydrogen-bond acceptors (Lipinski definition) is 1. The molecule has 58 valence electrons. The molecule has 1 atom stereocenters. The van der Waals surface area contributed by atoms with Gasteiger partial charge in [0.2, 0.25) is 0 Å². The Morgan fingerprint density at radius 3 is 2.60 bits per heavy atom. The fourth-order valence-electron chi connectivity index (χ4n) is 0.893. The average Bonchev–Trinajstić information content (AvgIpc) is 1.98. The number of rotatable bonds is 5. The van der Waals surface area contributed by atoms with Crippen LogP contribution in [0.5, 0.6) is 0 Å². The molecule has 10 heavy (non-hydrogen) atoms. The highest BCUT2D eigenvalue weighted by Crippen LogP contribution is 2.04. The van der Waals surface area contributed by atoms with Crippen LogP contribution in [0.3, 0.4) is 0 Å². The van der Waals surface area contributed by atoms with Crippen LogP contribution in [0.4, 0.5) is 0 Å². The van der Waals surface area contributed by atoms with Crippen LogP contribution in [0.15, 0.2) is 0 Å². The van der Waals surface area contributed by atoms with Crippen molar-refractivity contribution in [3.05, 3.63) is 0 Å². The van der Waals surface area contributed by atoms with E-state index in [-0.39, 0.29) is 0 Å². The van der Waals surface area contributed by atoms with Crippen LogP contribution < -0.4 is 0 Å². The SMILES string of the molecule is C#CCOC(CC)CCC. The molecule has 0 aromatic carbocycles. The van der Waals surface area contributed by atoms with E-state index in [1.165, 1.54) is 6.42 Å². The van der Waals surface area contributed by atoms with Crippen molar-refractivity contribution in [1.82, 2.24) is 0 Å². The summed E-state index contributed by atoms with van der Waals surface area (Å²) in [5.74, 6) is 2.47. The summed E-state index contributed by atoms with van der Waals surface area (Å²) in [4.78, 5) is 0. The van der Waals surface area contributed by atoms with Crippen molar-refractivity contribution in [1.29, 1.82) is 0 Å². The average molecular weight is 140 g/mol. The van der Waals surface area contributed by atoms with E-state index in [1.807, 2.05) is 0 Å². The fraction of sp³-hybridized carbons (Fsp3) is 0.778. The molecule has 0 saturated heterocycles. The summed E-state index contributed by atoms with van der Waals surface area (Å²) in [6.07, 6.45) is 8.79. The molecule has 1 unspecified atom stereocenters. The van der Waals surface area contributed by atoms with Crippen molar-refractivity contribution >= 4 is 0 Å². The Morgan fingerprint density at radius 1 is 1.50 bits per heavy atom. The normalized spacial score (nSPS) is 12.5. The van der Waals surface area contributed by atoms with Crippen molar-refractivity contribution in [3.8, 4) is 12.3 Å². The highest BCUT2D eigenvalue weighted by atomic mass is 16.5. The summed E-state index contributed by atoms with van der Waals surface area (Å²) < 4.78 is 5.34. The predicted octanol–water partition coefficient (Wildman–Crippen LogP) is 2.21. The lowest BCUT2D eigenvalue weighted by Gasteiger charge is -2.12. The second-order valence-electron chi connectivity index (χ2n) is 2.33. The van der Waals surface area contributed by atoms with Gasteiger partial charge < -0.3 is 4.74 Å². The van der Waals surface area contributed by atoms with Gasteiger partial charge in [-0.15, -0.1) is 6.42 Å². The second kappa shape index (κ2) is 6.64. The summed E-state index contributed by atoms with van der Waals surface area (Å²) in [5.41, 5.74) is 0. The fourth-order valence-corrected chi connectivity index (χ4v) is 0.893. The van der Waals surface area contributed by atoms with Gasteiger partial charge in [-0.2, -0.15) is 0 Å². The van der Waals surface area contributed by atoms with E-state index >= 15 is 0 Å². The van der Waals surface area contributed by atoms with Crippen molar-refractivity contribution in [2.24, 2.45) is 0 Å². The van der Waals surface area contributed by atoms with E-state index in [0.717, 1.165) is 12.8 Å². The first-order valence-corrected chi connectivity index (χ1v) is 3.90. The third-order valence-corrected chi connectivity index (χ3v) is 1.47. The third kappa shape index (κ3) is 4.40. The molecule has 1 nitrogen and oxygen atoms in total. The second-order valence-corrected chi connectivity index (χ2v) is 2.33. The zero-order chi connectivity index (χ0) is 7.82. The van der Waals surface area contributed by atoms with Gasteiger partial charge in [-0.05, 0) is 12.8 Å². The standard InChI is InChI=1S/C9H16O/c1-4-7-9(6-3)10-8-5-2/h2,9H,4,6-8H2,1,3H3. The molecule has 0 bridgehead atoms. The Hall–Kier alpha value is -0.480. The Morgan fingerprint density at radius 2 is 2.20 bits per heavy atom. The maximum Gasteiger partial charge on any atom is 0.107 e. The molecule has 0 spiro atoms. The van der Waals surface area contributed by atoms with Crippen molar-refractivity contribution < 1.29 is 4.74 Å². The maximum atomic E-state index is 5.34. The molecule has 0 N–H and O–H groups in total. The van der Waals surface area contributed by atoms with Gasteiger partial charge in [0.25, 0.3) is 0 Å². The Kier molecular flexibility index (Phi) is 6.32. The third-order valence-electron chi connectivity index (χ3n) is 1.47. The minimum Gasteiger partial charge on any atom is -0.366 e. The molecular weight excluding hydrogens is 124 g/mol. The number of ether oxygens (including phenoxy) is 1. The van der Waals surface area contributed by atoms with Gasteiger partial charge in [-0.1, -0.05) is 26.2 Å². The summed E-state index contributed by atoms with van der Waals surface area (Å²) in [5, 5.41) is 0. The van der Waals surface area contributed by atoms with Crippen LogP contribution in [-0.4, -0.2) is 12.7 Å². The summed E-state index contributed by atoms with van der Waals surface area (Å²) in [6, 6.07) is 0. The summed E-state index contributed by atoms with van der Waals surface area (Å²) in [6.45, 7) is 4.73. The zero-order valence-corrected chi connectivity index (χ0v) is 6.89. The van der Waals surface area contributed by atoms with Crippen LogP contribution in [0, 0.1) is 12.3 Å². The number of hydrogen-bond donors (Lipinski definition) is 0. The van der Waals surface area contributed by atoms with Crippen LogP contribution in [0.2, 0.25) is 0 Å².